The Labute approximate surface area is 105 Å². The monoisotopic (exact) mass is 244 g/mol. The minimum absolute atomic E-state index is 0.751. The number of ether oxygens (including phenoxy) is 2. The molecule has 0 amide bonds. The molecule has 0 bridgehead atoms. The van der Waals surface area contributed by atoms with Gasteiger partial charge < -0.3 is 15.2 Å². The molecule has 4 heteroatoms. The highest BCUT2D eigenvalue weighted by Gasteiger charge is 2.22. The second kappa shape index (κ2) is 9.83. The van der Waals surface area contributed by atoms with Gasteiger partial charge in [0.15, 0.2) is 0 Å². The van der Waals surface area contributed by atoms with Crippen molar-refractivity contribution in [3.63, 3.8) is 0 Å². The Balaban J connectivity index is 2.00. The van der Waals surface area contributed by atoms with Crippen LogP contribution in [0.25, 0.3) is 0 Å². The van der Waals surface area contributed by atoms with Gasteiger partial charge in [-0.05, 0) is 45.2 Å². The zero-order chi connectivity index (χ0) is 12.3. The van der Waals surface area contributed by atoms with Gasteiger partial charge in [0.2, 0.25) is 0 Å². The van der Waals surface area contributed by atoms with Crippen LogP contribution in [0.3, 0.4) is 0 Å². The van der Waals surface area contributed by atoms with Crippen molar-refractivity contribution < 1.29 is 9.47 Å². The van der Waals surface area contributed by atoms with Crippen LogP contribution in [0.1, 0.15) is 32.1 Å². The number of nitrogens with zero attached hydrogens (tertiary/aromatic N) is 1. The second-order valence-electron chi connectivity index (χ2n) is 4.72. The highest BCUT2D eigenvalue weighted by atomic mass is 16.5. The average molecular weight is 244 g/mol. The lowest BCUT2D eigenvalue weighted by Crippen LogP contribution is -2.33. The predicted octanol–water partition coefficient (Wildman–Crippen LogP) is 1.24. The van der Waals surface area contributed by atoms with Crippen molar-refractivity contribution in [1.29, 1.82) is 0 Å². The summed E-state index contributed by atoms with van der Waals surface area (Å²) in [5.41, 5.74) is 5.57. The molecule has 1 aliphatic rings. The van der Waals surface area contributed by atoms with E-state index >= 15 is 0 Å². The highest BCUT2D eigenvalue weighted by molar-refractivity contribution is 4.78. The molecule has 102 valence electrons. The first-order valence-electron chi connectivity index (χ1n) is 6.89. The van der Waals surface area contributed by atoms with E-state index in [-0.39, 0.29) is 0 Å². The molecule has 1 rings (SSSR count). The Bertz CT molecular complexity index is 179. The number of rotatable bonds is 10. The van der Waals surface area contributed by atoms with Gasteiger partial charge in [-0.1, -0.05) is 0 Å². The second-order valence-corrected chi connectivity index (χ2v) is 4.72. The fourth-order valence-corrected chi connectivity index (χ4v) is 2.46. The summed E-state index contributed by atoms with van der Waals surface area (Å²) >= 11 is 0. The zero-order valence-corrected chi connectivity index (χ0v) is 11.2. The molecule has 0 spiro atoms. The summed E-state index contributed by atoms with van der Waals surface area (Å²) in [5.74, 6) is 0. The van der Waals surface area contributed by atoms with Crippen LogP contribution in [0, 0.1) is 0 Å². The van der Waals surface area contributed by atoms with Gasteiger partial charge in [-0.2, -0.15) is 0 Å². The molecular weight excluding hydrogens is 216 g/mol. The fraction of sp³-hybridized carbons (Fsp3) is 1.00. The third-order valence-corrected chi connectivity index (χ3v) is 3.40. The summed E-state index contributed by atoms with van der Waals surface area (Å²) < 4.78 is 10.6. The molecular formula is C13H28N2O2. The van der Waals surface area contributed by atoms with Gasteiger partial charge >= 0.3 is 0 Å². The van der Waals surface area contributed by atoms with Crippen LogP contribution in [-0.4, -0.2) is 57.5 Å². The predicted molar refractivity (Wildman–Crippen MR) is 70.2 cm³/mol. The van der Waals surface area contributed by atoms with Crippen molar-refractivity contribution in [3.8, 4) is 0 Å². The number of methoxy groups -OCH3 is 1. The maximum Gasteiger partial charge on any atom is 0.0593 e. The molecule has 0 aromatic carbocycles. The van der Waals surface area contributed by atoms with Crippen LogP contribution >= 0.6 is 0 Å². The summed E-state index contributed by atoms with van der Waals surface area (Å²) in [7, 11) is 1.73. The summed E-state index contributed by atoms with van der Waals surface area (Å²) in [6.45, 7) is 5.58. The minimum Gasteiger partial charge on any atom is -0.385 e. The van der Waals surface area contributed by atoms with E-state index in [0.29, 0.717) is 0 Å². The van der Waals surface area contributed by atoms with Crippen LogP contribution < -0.4 is 5.73 Å². The summed E-state index contributed by atoms with van der Waals surface area (Å²) in [5, 5.41) is 0. The number of hydrogen-bond acceptors (Lipinski definition) is 4. The van der Waals surface area contributed by atoms with E-state index in [1.165, 1.54) is 25.8 Å². The van der Waals surface area contributed by atoms with Gasteiger partial charge in [0, 0.05) is 32.9 Å². The molecule has 1 unspecified atom stereocenters. The van der Waals surface area contributed by atoms with Gasteiger partial charge in [-0.25, -0.2) is 0 Å². The smallest absolute Gasteiger partial charge is 0.0593 e. The molecule has 0 radical (unpaired) electrons. The molecule has 1 saturated heterocycles. The molecule has 2 N–H and O–H groups in total. The van der Waals surface area contributed by atoms with E-state index < -0.39 is 0 Å². The lowest BCUT2D eigenvalue weighted by atomic mass is 10.1. The Morgan fingerprint density at radius 3 is 2.88 bits per heavy atom. The Morgan fingerprint density at radius 1 is 1.24 bits per heavy atom. The standard InChI is InChI=1S/C13H28N2O2/c1-16-10-4-11-17-12-9-15-8-3-6-13(15)5-2-7-14/h13H,2-12,14H2,1H3. The largest absolute Gasteiger partial charge is 0.385 e. The third kappa shape index (κ3) is 6.36. The van der Waals surface area contributed by atoms with Gasteiger partial charge in [0.05, 0.1) is 6.61 Å². The van der Waals surface area contributed by atoms with Gasteiger partial charge in [-0.3, -0.25) is 4.90 Å². The van der Waals surface area contributed by atoms with Crippen molar-refractivity contribution in [1.82, 2.24) is 4.90 Å². The number of hydrogen-bond donors (Lipinski definition) is 1. The van der Waals surface area contributed by atoms with Crippen molar-refractivity contribution >= 4 is 0 Å². The zero-order valence-electron chi connectivity index (χ0n) is 11.2. The highest BCUT2D eigenvalue weighted by Crippen LogP contribution is 2.20. The molecule has 0 aromatic rings. The molecule has 1 aliphatic heterocycles. The summed E-state index contributed by atoms with van der Waals surface area (Å²) in [6, 6.07) is 0.751. The number of nitrogens with two attached hydrogens (primary N) is 1. The van der Waals surface area contributed by atoms with Crippen molar-refractivity contribution in [2.75, 3.05) is 46.6 Å². The topological polar surface area (TPSA) is 47.7 Å². The van der Waals surface area contributed by atoms with Crippen molar-refractivity contribution in [2.24, 2.45) is 5.73 Å². The van der Waals surface area contributed by atoms with Gasteiger partial charge in [-0.15, -0.1) is 0 Å². The maximum absolute atomic E-state index is 5.60. The van der Waals surface area contributed by atoms with Crippen molar-refractivity contribution in [2.45, 2.75) is 38.1 Å². The van der Waals surface area contributed by atoms with E-state index in [1.807, 2.05) is 0 Å². The molecule has 0 aromatic heterocycles. The number of likely N-dealkylation sites (tertiary alicyclic amines) is 1. The molecule has 17 heavy (non-hydrogen) atoms. The Kier molecular flexibility index (Phi) is 8.61. The maximum atomic E-state index is 5.60. The summed E-state index contributed by atoms with van der Waals surface area (Å²) in [4.78, 5) is 2.56. The first-order valence-corrected chi connectivity index (χ1v) is 6.89. The van der Waals surface area contributed by atoms with E-state index in [2.05, 4.69) is 4.90 Å². The van der Waals surface area contributed by atoms with E-state index in [1.54, 1.807) is 7.11 Å². The lowest BCUT2D eigenvalue weighted by Gasteiger charge is -2.24. The Hall–Kier alpha value is -0.160. The molecule has 0 aliphatic carbocycles. The average Bonchev–Trinajstić information content (AvgIpc) is 2.78. The first kappa shape index (κ1) is 14.9. The molecule has 4 nitrogen and oxygen atoms in total. The van der Waals surface area contributed by atoms with Crippen LogP contribution in [-0.2, 0) is 9.47 Å². The lowest BCUT2D eigenvalue weighted by molar-refractivity contribution is 0.0798. The fourth-order valence-electron chi connectivity index (χ4n) is 2.46. The summed E-state index contributed by atoms with van der Waals surface area (Å²) in [6.07, 6.45) is 6.06. The Morgan fingerprint density at radius 2 is 2.12 bits per heavy atom. The molecule has 1 fully saturated rings. The quantitative estimate of drug-likeness (QED) is 0.587. The van der Waals surface area contributed by atoms with Crippen LogP contribution in [0.4, 0.5) is 0 Å². The third-order valence-electron chi connectivity index (χ3n) is 3.40. The van der Waals surface area contributed by atoms with Crippen molar-refractivity contribution in [3.05, 3.63) is 0 Å². The van der Waals surface area contributed by atoms with Crippen LogP contribution in [0.2, 0.25) is 0 Å². The molecule has 1 atom stereocenters. The normalized spacial score (nSPS) is 21.2. The van der Waals surface area contributed by atoms with E-state index in [9.17, 15) is 0 Å². The van der Waals surface area contributed by atoms with Crippen LogP contribution in [0.15, 0.2) is 0 Å². The van der Waals surface area contributed by atoms with E-state index in [0.717, 1.165) is 51.8 Å². The SMILES string of the molecule is COCCCOCCN1CCCC1CCCN. The minimum atomic E-state index is 0.751. The molecule has 1 heterocycles. The molecule has 0 saturated carbocycles. The van der Waals surface area contributed by atoms with E-state index in [4.69, 9.17) is 15.2 Å². The van der Waals surface area contributed by atoms with Crippen LogP contribution in [0.5, 0.6) is 0 Å². The first-order chi connectivity index (χ1) is 8.38. The van der Waals surface area contributed by atoms with Gasteiger partial charge in [0.1, 0.15) is 0 Å². The van der Waals surface area contributed by atoms with Gasteiger partial charge in [0.25, 0.3) is 0 Å².